The summed E-state index contributed by atoms with van der Waals surface area (Å²) in [6.45, 7) is 0. The van der Waals surface area contributed by atoms with Crippen molar-refractivity contribution < 1.29 is 5.11 Å². The highest BCUT2D eigenvalue weighted by Gasteiger charge is 2.44. The van der Waals surface area contributed by atoms with Gasteiger partial charge in [-0.25, -0.2) is 0 Å². The monoisotopic (exact) mass is 404 g/mol. The summed E-state index contributed by atoms with van der Waals surface area (Å²) in [5.41, 5.74) is 3.19. The van der Waals surface area contributed by atoms with Crippen LogP contribution < -0.4 is 5.32 Å². The molecule has 6 heteroatoms. The van der Waals surface area contributed by atoms with Gasteiger partial charge in [0, 0.05) is 29.8 Å². The fraction of sp³-hybridized carbons (Fsp3) is 0.304. The Kier molecular flexibility index (Phi) is 4.72. The van der Waals surface area contributed by atoms with Gasteiger partial charge in [-0.15, -0.1) is 0 Å². The van der Waals surface area contributed by atoms with E-state index in [0.29, 0.717) is 6.04 Å². The lowest BCUT2D eigenvalue weighted by Gasteiger charge is -2.33. The van der Waals surface area contributed by atoms with E-state index in [2.05, 4.69) is 44.2 Å². The zero-order valence-electron chi connectivity index (χ0n) is 16.1. The Bertz CT molecular complexity index is 995. The van der Waals surface area contributed by atoms with E-state index in [-0.39, 0.29) is 17.8 Å². The minimum atomic E-state index is -0.00457. The molecule has 2 aliphatic rings. The molecular weight excluding hydrogens is 380 g/mol. The summed E-state index contributed by atoms with van der Waals surface area (Å²) in [4.78, 5) is 7.05. The Morgan fingerprint density at radius 3 is 2.52 bits per heavy atom. The molecule has 2 atom stereocenters. The molecule has 0 spiro atoms. The number of rotatable bonds is 4. The van der Waals surface area contributed by atoms with Crippen molar-refractivity contribution in [1.82, 2.24) is 19.8 Å². The maximum absolute atomic E-state index is 9.69. The molecule has 1 aliphatic heterocycles. The first-order valence-corrected chi connectivity index (χ1v) is 10.6. The van der Waals surface area contributed by atoms with E-state index < -0.39 is 0 Å². The lowest BCUT2D eigenvalue weighted by Crippen LogP contribution is -2.38. The molecule has 0 amide bonds. The third-order valence-corrected chi connectivity index (χ3v) is 6.39. The third-order valence-electron chi connectivity index (χ3n) is 6.06. The van der Waals surface area contributed by atoms with E-state index in [9.17, 15) is 5.11 Å². The van der Waals surface area contributed by atoms with Crippen LogP contribution in [-0.4, -0.2) is 30.7 Å². The first-order valence-electron chi connectivity index (χ1n) is 10.2. The van der Waals surface area contributed by atoms with Crippen molar-refractivity contribution in [3.8, 4) is 11.4 Å². The second kappa shape index (κ2) is 7.52. The van der Waals surface area contributed by atoms with Crippen molar-refractivity contribution >= 4 is 17.3 Å². The predicted molar refractivity (Wildman–Crippen MR) is 117 cm³/mol. The van der Waals surface area contributed by atoms with E-state index >= 15 is 0 Å². The van der Waals surface area contributed by atoms with Gasteiger partial charge in [-0.3, -0.25) is 4.98 Å². The van der Waals surface area contributed by atoms with Crippen LogP contribution in [0.5, 0.6) is 5.75 Å². The van der Waals surface area contributed by atoms with E-state index in [1.54, 1.807) is 12.1 Å². The number of aromatic hydroxyl groups is 1. The SMILES string of the molecule is Oc1ccc(-n2cccc2[C@@H]2[C@@H](c3ccccn3)NC(=S)N2C2CCCC2)cc1. The van der Waals surface area contributed by atoms with Crippen molar-refractivity contribution in [2.45, 2.75) is 43.8 Å². The van der Waals surface area contributed by atoms with Crippen molar-refractivity contribution in [3.05, 3.63) is 78.4 Å². The molecule has 1 aliphatic carbocycles. The van der Waals surface area contributed by atoms with Gasteiger partial charge in [0.05, 0.1) is 17.8 Å². The molecule has 0 radical (unpaired) electrons. The molecule has 3 heterocycles. The standard InChI is InChI=1S/C23H24N4OS/c28-18-12-10-16(11-13-18)26-15-5-9-20(26)22-21(19-8-3-4-14-24-19)25-23(29)27(22)17-6-1-2-7-17/h3-5,8-15,17,21-22,28H,1-2,6-7H2,(H,25,29)/t21-,22-/m1/s1. The number of benzene rings is 1. The molecule has 0 bridgehead atoms. The average molecular weight is 405 g/mol. The number of aromatic nitrogens is 2. The molecule has 2 aromatic heterocycles. The number of nitrogens with zero attached hydrogens (tertiary/aromatic N) is 3. The Hall–Kier alpha value is -2.86. The fourth-order valence-electron chi connectivity index (χ4n) is 4.74. The number of pyridine rings is 1. The number of hydrogen-bond donors (Lipinski definition) is 2. The van der Waals surface area contributed by atoms with Gasteiger partial charge in [0.25, 0.3) is 0 Å². The van der Waals surface area contributed by atoms with Crippen LogP contribution in [0, 0.1) is 0 Å². The van der Waals surface area contributed by atoms with Gasteiger partial charge in [0.15, 0.2) is 5.11 Å². The molecule has 1 saturated carbocycles. The number of phenols is 1. The summed E-state index contributed by atoms with van der Waals surface area (Å²) in [7, 11) is 0. The van der Waals surface area contributed by atoms with Crippen molar-refractivity contribution in [1.29, 1.82) is 0 Å². The van der Waals surface area contributed by atoms with Crippen molar-refractivity contribution in [3.63, 3.8) is 0 Å². The number of thiocarbonyl (C=S) groups is 1. The average Bonchev–Trinajstić information content (AvgIpc) is 3.48. The van der Waals surface area contributed by atoms with Gasteiger partial charge < -0.3 is 19.9 Å². The van der Waals surface area contributed by atoms with Crippen LogP contribution in [0.1, 0.15) is 49.2 Å². The van der Waals surface area contributed by atoms with Gasteiger partial charge in [-0.2, -0.15) is 0 Å². The van der Waals surface area contributed by atoms with Crippen molar-refractivity contribution in [2.24, 2.45) is 0 Å². The zero-order chi connectivity index (χ0) is 19.8. The molecule has 29 heavy (non-hydrogen) atoms. The van der Waals surface area contributed by atoms with E-state index in [1.807, 2.05) is 30.5 Å². The van der Waals surface area contributed by atoms with Crippen LogP contribution in [0.3, 0.4) is 0 Å². The first-order chi connectivity index (χ1) is 14.2. The summed E-state index contributed by atoms with van der Waals surface area (Å²) >= 11 is 5.83. The molecule has 148 valence electrons. The maximum atomic E-state index is 9.69. The van der Waals surface area contributed by atoms with Gasteiger partial charge in [-0.1, -0.05) is 18.9 Å². The predicted octanol–water partition coefficient (Wildman–Crippen LogP) is 4.49. The van der Waals surface area contributed by atoms with Crippen LogP contribution in [-0.2, 0) is 0 Å². The highest BCUT2D eigenvalue weighted by Crippen LogP contribution is 2.43. The van der Waals surface area contributed by atoms with Gasteiger partial charge in [0.1, 0.15) is 5.75 Å². The molecule has 1 saturated heterocycles. The van der Waals surface area contributed by atoms with E-state index in [0.717, 1.165) is 16.5 Å². The summed E-state index contributed by atoms with van der Waals surface area (Å²) in [5.74, 6) is 0.269. The van der Waals surface area contributed by atoms with E-state index in [4.69, 9.17) is 12.2 Å². The topological polar surface area (TPSA) is 53.3 Å². The van der Waals surface area contributed by atoms with E-state index in [1.165, 1.54) is 31.4 Å². The first kappa shape index (κ1) is 18.2. The Morgan fingerprint density at radius 1 is 1.00 bits per heavy atom. The van der Waals surface area contributed by atoms with Crippen LogP contribution in [0.2, 0.25) is 0 Å². The Balaban J connectivity index is 1.61. The molecule has 3 aromatic rings. The maximum Gasteiger partial charge on any atom is 0.170 e. The molecule has 5 rings (SSSR count). The summed E-state index contributed by atoms with van der Waals surface area (Å²) in [6, 6.07) is 18.1. The fourth-order valence-corrected chi connectivity index (χ4v) is 5.13. The molecule has 1 aromatic carbocycles. The smallest absolute Gasteiger partial charge is 0.170 e. The number of hydrogen-bond acceptors (Lipinski definition) is 3. The summed E-state index contributed by atoms with van der Waals surface area (Å²) in [6.07, 6.45) is 8.77. The molecular formula is C23H24N4OS. The van der Waals surface area contributed by atoms with Crippen molar-refractivity contribution in [2.75, 3.05) is 0 Å². The number of nitrogens with one attached hydrogen (secondary N) is 1. The summed E-state index contributed by atoms with van der Waals surface area (Å²) < 4.78 is 2.19. The molecule has 2 fully saturated rings. The molecule has 5 nitrogen and oxygen atoms in total. The highest BCUT2D eigenvalue weighted by atomic mass is 32.1. The second-order valence-corrected chi connectivity index (χ2v) is 8.18. The minimum Gasteiger partial charge on any atom is -0.508 e. The van der Waals surface area contributed by atoms with Crippen LogP contribution in [0.15, 0.2) is 67.0 Å². The van der Waals surface area contributed by atoms with Gasteiger partial charge >= 0.3 is 0 Å². The zero-order valence-corrected chi connectivity index (χ0v) is 16.9. The highest BCUT2D eigenvalue weighted by molar-refractivity contribution is 7.80. The summed E-state index contributed by atoms with van der Waals surface area (Å²) in [5, 5.41) is 14.1. The van der Waals surface area contributed by atoms with Crippen LogP contribution in [0.25, 0.3) is 5.69 Å². The minimum absolute atomic E-state index is 0.00457. The molecule has 0 unspecified atom stereocenters. The second-order valence-electron chi connectivity index (χ2n) is 7.79. The van der Waals surface area contributed by atoms with Crippen LogP contribution in [0.4, 0.5) is 0 Å². The Morgan fingerprint density at radius 2 is 1.79 bits per heavy atom. The van der Waals surface area contributed by atoms with Gasteiger partial charge in [-0.05, 0) is 73.6 Å². The normalized spacial score (nSPS) is 22.2. The van der Waals surface area contributed by atoms with Crippen LogP contribution >= 0.6 is 12.2 Å². The largest absolute Gasteiger partial charge is 0.508 e. The lowest BCUT2D eigenvalue weighted by molar-refractivity contribution is 0.239. The molecule has 2 N–H and O–H groups in total. The quantitative estimate of drug-likeness (QED) is 0.628. The lowest BCUT2D eigenvalue weighted by atomic mass is 9.99. The number of phenolic OH excluding ortho intramolecular Hbond substituents is 1. The Labute approximate surface area is 176 Å². The van der Waals surface area contributed by atoms with Gasteiger partial charge in [0.2, 0.25) is 0 Å². The third kappa shape index (κ3) is 3.27.